The van der Waals surface area contributed by atoms with Crippen molar-refractivity contribution < 1.29 is 18.4 Å². The van der Waals surface area contributed by atoms with E-state index in [0.29, 0.717) is 10.6 Å². The Morgan fingerprint density at radius 1 is 1.30 bits per heavy atom. The molecule has 1 unspecified atom stereocenters. The Kier molecular flexibility index (Phi) is 4.20. The monoisotopic (exact) mass is 284 g/mol. The van der Waals surface area contributed by atoms with Crippen LogP contribution in [0.15, 0.2) is 23.9 Å². The second kappa shape index (κ2) is 5.73. The Balaban J connectivity index is 2.33. The van der Waals surface area contributed by atoms with Crippen molar-refractivity contribution in [2.24, 2.45) is 5.92 Å². The van der Waals surface area contributed by atoms with Crippen LogP contribution in [-0.4, -0.2) is 40.8 Å². The Bertz CT molecular complexity index is 472. The number of amides is 3. The molecule has 1 fully saturated rings. The van der Waals surface area contributed by atoms with E-state index in [4.69, 9.17) is 0 Å². The first-order valence-corrected chi connectivity index (χ1v) is 6.73. The zero-order valence-electron chi connectivity index (χ0n) is 11.6. The topological polar surface area (TPSA) is 40.6 Å². The molecule has 1 heterocycles. The van der Waals surface area contributed by atoms with Crippen molar-refractivity contribution in [3.05, 3.63) is 23.9 Å². The van der Waals surface area contributed by atoms with Crippen molar-refractivity contribution in [1.29, 1.82) is 0 Å². The summed E-state index contributed by atoms with van der Waals surface area (Å²) in [6.45, 7) is 2.78. The average Bonchev–Trinajstić information content (AvgIpc) is 2.64. The van der Waals surface area contributed by atoms with E-state index in [9.17, 15) is 18.4 Å². The largest absolute Gasteiger partial charge is 0.332 e. The van der Waals surface area contributed by atoms with Gasteiger partial charge in [-0.1, -0.05) is 26.0 Å². The smallest absolute Gasteiger partial charge is 0.282 e. The summed E-state index contributed by atoms with van der Waals surface area (Å²) in [6, 6.07) is -1.35. The Morgan fingerprint density at radius 2 is 2.00 bits per heavy atom. The summed E-state index contributed by atoms with van der Waals surface area (Å²) in [7, 11) is 0. The fraction of sp³-hybridized carbons (Fsp3) is 0.571. The van der Waals surface area contributed by atoms with Crippen molar-refractivity contribution in [1.82, 2.24) is 9.80 Å². The maximum Gasteiger partial charge on any atom is 0.332 e. The van der Waals surface area contributed by atoms with Gasteiger partial charge in [-0.15, -0.1) is 0 Å². The zero-order valence-corrected chi connectivity index (χ0v) is 11.6. The van der Waals surface area contributed by atoms with E-state index in [2.05, 4.69) is 0 Å². The van der Waals surface area contributed by atoms with Crippen LogP contribution in [-0.2, 0) is 4.79 Å². The average molecular weight is 284 g/mol. The SMILES string of the molecule is CC(C)C1C(=O)N(CC(F)F)C(=O)N1C1=CCCC=C1. The predicted molar refractivity (Wildman–Crippen MR) is 70.0 cm³/mol. The first-order valence-electron chi connectivity index (χ1n) is 6.73. The molecule has 1 aliphatic heterocycles. The van der Waals surface area contributed by atoms with Crippen LogP contribution in [0.3, 0.4) is 0 Å². The fourth-order valence-electron chi connectivity index (χ4n) is 2.55. The maximum absolute atomic E-state index is 12.5. The highest BCUT2D eigenvalue weighted by Gasteiger charge is 2.48. The number of urea groups is 1. The Hall–Kier alpha value is -1.72. The first kappa shape index (κ1) is 14.7. The minimum atomic E-state index is -2.72. The molecule has 0 aromatic heterocycles. The summed E-state index contributed by atoms with van der Waals surface area (Å²) >= 11 is 0. The fourth-order valence-corrected chi connectivity index (χ4v) is 2.55. The van der Waals surface area contributed by atoms with Crippen molar-refractivity contribution in [3.63, 3.8) is 0 Å². The minimum Gasteiger partial charge on any atom is -0.282 e. The molecule has 1 aliphatic carbocycles. The third kappa shape index (κ3) is 2.59. The third-order valence-electron chi connectivity index (χ3n) is 3.44. The number of allylic oxidation sites excluding steroid dienone is 3. The van der Waals surface area contributed by atoms with Gasteiger partial charge in [-0.3, -0.25) is 14.6 Å². The molecule has 0 saturated carbocycles. The molecule has 2 aliphatic rings. The quantitative estimate of drug-likeness (QED) is 0.745. The van der Waals surface area contributed by atoms with E-state index in [-0.39, 0.29) is 5.92 Å². The number of halogens is 2. The van der Waals surface area contributed by atoms with E-state index in [1.54, 1.807) is 6.08 Å². The maximum atomic E-state index is 12.5. The number of hydrogen-bond acceptors (Lipinski definition) is 2. The highest BCUT2D eigenvalue weighted by molar-refractivity contribution is 6.05. The van der Waals surface area contributed by atoms with Gasteiger partial charge in [0.15, 0.2) is 0 Å². The summed E-state index contributed by atoms with van der Waals surface area (Å²) < 4.78 is 25.1. The molecule has 110 valence electrons. The molecule has 0 bridgehead atoms. The van der Waals surface area contributed by atoms with E-state index in [1.807, 2.05) is 26.0 Å². The molecule has 0 N–H and O–H groups in total. The van der Waals surface area contributed by atoms with Crippen LogP contribution < -0.4 is 0 Å². The molecule has 2 rings (SSSR count). The molecular weight excluding hydrogens is 266 g/mol. The molecule has 4 nitrogen and oxygen atoms in total. The van der Waals surface area contributed by atoms with Crippen LogP contribution in [0.25, 0.3) is 0 Å². The molecule has 6 heteroatoms. The summed E-state index contributed by atoms with van der Waals surface area (Å²) in [5.74, 6) is -0.671. The predicted octanol–water partition coefficient (Wildman–Crippen LogP) is 2.77. The lowest BCUT2D eigenvalue weighted by Gasteiger charge is -2.26. The lowest BCUT2D eigenvalue weighted by molar-refractivity contribution is -0.130. The molecule has 3 amide bonds. The van der Waals surface area contributed by atoms with Crippen LogP contribution >= 0.6 is 0 Å². The van der Waals surface area contributed by atoms with Gasteiger partial charge in [-0.25, -0.2) is 13.6 Å². The van der Waals surface area contributed by atoms with Crippen LogP contribution in [0, 0.1) is 5.92 Å². The highest BCUT2D eigenvalue weighted by Crippen LogP contribution is 2.30. The summed E-state index contributed by atoms with van der Waals surface area (Å²) in [4.78, 5) is 26.5. The Labute approximate surface area is 116 Å². The van der Waals surface area contributed by atoms with E-state index >= 15 is 0 Å². The van der Waals surface area contributed by atoms with Gasteiger partial charge in [0.25, 0.3) is 12.3 Å². The summed E-state index contributed by atoms with van der Waals surface area (Å²) in [6.07, 6.45) is 4.50. The molecule has 0 aromatic rings. The van der Waals surface area contributed by atoms with Gasteiger partial charge in [0.1, 0.15) is 6.04 Å². The van der Waals surface area contributed by atoms with Gasteiger partial charge < -0.3 is 0 Å². The number of hydrogen-bond donors (Lipinski definition) is 0. The Morgan fingerprint density at radius 3 is 2.50 bits per heavy atom. The second-order valence-electron chi connectivity index (χ2n) is 5.29. The van der Waals surface area contributed by atoms with Crippen LogP contribution in [0.1, 0.15) is 26.7 Å². The summed E-state index contributed by atoms with van der Waals surface area (Å²) in [5.41, 5.74) is 0.630. The molecule has 1 saturated heterocycles. The molecule has 0 radical (unpaired) electrons. The lowest BCUT2D eigenvalue weighted by atomic mass is 10.0. The van der Waals surface area contributed by atoms with Gasteiger partial charge in [0, 0.05) is 5.70 Å². The lowest BCUT2D eigenvalue weighted by Crippen LogP contribution is -2.38. The van der Waals surface area contributed by atoms with Gasteiger partial charge in [-0.2, -0.15) is 0 Å². The number of carbonyl (C=O) groups is 2. The molecule has 1 atom stereocenters. The van der Waals surface area contributed by atoms with Gasteiger partial charge in [-0.05, 0) is 24.8 Å². The normalized spacial score (nSPS) is 23.3. The number of carbonyl (C=O) groups excluding carboxylic acids is 2. The second-order valence-corrected chi connectivity index (χ2v) is 5.29. The first-order chi connectivity index (χ1) is 9.43. The number of rotatable bonds is 4. The highest BCUT2D eigenvalue weighted by atomic mass is 19.3. The molecule has 0 aromatic carbocycles. The van der Waals surface area contributed by atoms with Crippen LogP contribution in [0.4, 0.5) is 13.6 Å². The molecule has 0 spiro atoms. The van der Waals surface area contributed by atoms with Crippen LogP contribution in [0.5, 0.6) is 0 Å². The van der Waals surface area contributed by atoms with Crippen molar-refractivity contribution in [3.8, 4) is 0 Å². The zero-order chi connectivity index (χ0) is 14.9. The number of imide groups is 1. The number of nitrogens with zero attached hydrogens (tertiary/aromatic N) is 2. The van der Waals surface area contributed by atoms with E-state index in [0.717, 1.165) is 12.8 Å². The van der Waals surface area contributed by atoms with Crippen molar-refractivity contribution in [2.75, 3.05) is 6.54 Å². The molecule has 20 heavy (non-hydrogen) atoms. The van der Waals surface area contributed by atoms with Crippen LogP contribution in [0.2, 0.25) is 0 Å². The minimum absolute atomic E-state index is 0.134. The van der Waals surface area contributed by atoms with Crippen molar-refractivity contribution in [2.45, 2.75) is 39.2 Å². The third-order valence-corrected chi connectivity index (χ3v) is 3.44. The molecular formula is C14H18F2N2O2. The number of alkyl halides is 2. The van der Waals surface area contributed by atoms with E-state index in [1.165, 1.54) is 4.90 Å². The standard InChI is InChI=1S/C14H18F2N2O2/c1-9(2)12-13(19)17(8-11(15)16)14(20)18(12)10-6-4-3-5-7-10/h4,6-7,9,11-12H,3,5,8H2,1-2H3. The van der Waals surface area contributed by atoms with E-state index < -0.39 is 31.0 Å². The summed E-state index contributed by atoms with van der Waals surface area (Å²) in [5, 5.41) is 0. The van der Waals surface area contributed by atoms with Crippen molar-refractivity contribution >= 4 is 11.9 Å². The van der Waals surface area contributed by atoms with Gasteiger partial charge >= 0.3 is 6.03 Å². The van der Waals surface area contributed by atoms with Gasteiger partial charge in [0.2, 0.25) is 0 Å². The van der Waals surface area contributed by atoms with Gasteiger partial charge in [0.05, 0.1) is 6.54 Å².